The van der Waals surface area contributed by atoms with Crippen LogP contribution in [0, 0.1) is 13.8 Å². The van der Waals surface area contributed by atoms with Gasteiger partial charge >= 0.3 is 0 Å². The van der Waals surface area contributed by atoms with E-state index < -0.39 is 0 Å². The summed E-state index contributed by atoms with van der Waals surface area (Å²) in [4.78, 5) is 12.7. The molecule has 0 aliphatic rings. The molecule has 0 saturated carbocycles. The summed E-state index contributed by atoms with van der Waals surface area (Å²) in [6.45, 7) is 6.22. The molecule has 0 bridgehead atoms. The Morgan fingerprint density at radius 2 is 1.83 bits per heavy atom. The molecule has 0 radical (unpaired) electrons. The summed E-state index contributed by atoms with van der Waals surface area (Å²) in [6, 6.07) is 7.49. The van der Waals surface area contributed by atoms with Crippen molar-refractivity contribution in [2.75, 3.05) is 0 Å². The van der Waals surface area contributed by atoms with Gasteiger partial charge in [-0.2, -0.15) is 5.10 Å². The average molecular weight is 377 g/mol. The van der Waals surface area contributed by atoms with E-state index in [4.69, 9.17) is 0 Å². The minimum Gasteiger partial charge on any atom is -0.267 e. The van der Waals surface area contributed by atoms with E-state index in [0.29, 0.717) is 5.56 Å². The Bertz CT molecular complexity index is 676. The van der Waals surface area contributed by atoms with Crippen LogP contribution in [0.15, 0.2) is 28.7 Å². The first kappa shape index (κ1) is 17.9. The maximum Gasteiger partial charge on any atom is 0.279 e. The van der Waals surface area contributed by atoms with Crippen LogP contribution in [-0.4, -0.2) is 15.7 Å². The SMILES string of the molecule is CCCCCCCc1c(C)nn(C(=O)c2ccccc2Br)c1C. The molecule has 0 atom stereocenters. The summed E-state index contributed by atoms with van der Waals surface area (Å²) in [7, 11) is 0. The lowest BCUT2D eigenvalue weighted by molar-refractivity contribution is 0.0941. The van der Waals surface area contributed by atoms with E-state index >= 15 is 0 Å². The van der Waals surface area contributed by atoms with Crippen LogP contribution >= 0.6 is 15.9 Å². The third-order valence-electron chi connectivity index (χ3n) is 4.27. The molecule has 0 N–H and O–H groups in total. The minimum absolute atomic E-state index is 0.0738. The normalized spacial score (nSPS) is 11.0. The lowest BCUT2D eigenvalue weighted by atomic mass is 10.0. The molecule has 124 valence electrons. The molecule has 0 aliphatic heterocycles. The molecule has 2 aromatic rings. The zero-order chi connectivity index (χ0) is 16.8. The van der Waals surface area contributed by atoms with E-state index in [0.717, 1.165) is 28.7 Å². The number of nitrogens with zero attached hydrogens (tertiary/aromatic N) is 2. The number of benzene rings is 1. The second kappa shape index (κ2) is 8.44. The zero-order valence-corrected chi connectivity index (χ0v) is 15.8. The number of hydrogen-bond acceptors (Lipinski definition) is 2. The van der Waals surface area contributed by atoms with Crippen molar-refractivity contribution < 1.29 is 4.79 Å². The topological polar surface area (TPSA) is 34.9 Å². The number of unbranched alkanes of at least 4 members (excludes halogenated alkanes) is 4. The van der Waals surface area contributed by atoms with Gasteiger partial charge in [-0.25, -0.2) is 4.68 Å². The summed E-state index contributed by atoms with van der Waals surface area (Å²) in [5.74, 6) is -0.0738. The summed E-state index contributed by atoms with van der Waals surface area (Å²) in [6.07, 6.45) is 7.27. The second-order valence-electron chi connectivity index (χ2n) is 6.01. The van der Waals surface area contributed by atoms with Crippen molar-refractivity contribution in [2.45, 2.75) is 59.3 Å². The van der Waals surface area contributed by atoms with Crippen LogP contribution in [0.1, 0.15) is 66.3 Å². The van der Waals surface area contributed by atoms with Gasteiger partial charge in [-0.1, -0.05) is 44.7 Å². The fourth-order valence-corrected chi connectivity index (χ4v) is 3.34. The van der Waals surface area contributed by atoms with Crippen molar-refractivity contribution in [3.8, 4) is 0 Å². The van der Waals surface area contributed by atoms with Gasteiger partial charge in [0.25, 0.3) is 5.91 Å². The molecule has 0 spiro atoms. The third-order valence-corrected chi connectivity index (χ3v) is 4.96. The molecular weight excluding hydrogens is 352 g/mol. The lowest BCUT2D eigenvalue weighted by Crippen LogP contribution is -2.16. The Balaban J connectivity index is 2.14. The number of aromatic nitrogens is 2. The molecule has 1 aromatic heterocycles. The molecule has 0 saturated heterocycles. The zero-order valence-electron chi connectivity index (χ0n) is 14.2. The molecule has 3 nitrogen and oxygen atoms in total. The summed E-state index contributed by atoms with van der Waals surface area (Å²) < 4.78 is 2.36. The van der Waals surface area contributed by atoms with E-state index in [1.807, 2.05) is 38.1 Å². The highest BCUT2D eigenvalue weighted by Crippen LogP contribution is 2.21. The quantitative estimate of drug-likeness (QED) is 0.600. The predicted octanol–water partition coefficient (Wildman–Crippen LogP) is 5.46. The molecule has 4 heteroatoms. The second-order valence-corrected chi connectivity index (χ2v) is 6.86. The van der Waals surface area contributed by atoms with Crippen molar-refractivity contribution >= 4 is 21.8 Å². The van der Waals surface area contributed by atoms with Gasteiger partial charge in [0.15, 0.2) is 0 Å². The van der Waals surface area contributed by atoms with Gasteiger partial charge in [0.05, 0.1) is 11.3 Å². The van der Waals surface area contributed by atoms with Gasteiger partial charge in [0.2, 0.25) is 0 Å². The number of hydrogen-bond donors (Lipinski definition) is 0. The van der Waals surface area contributed by atoms with Crippen molar-refractivity contribution in [1.82, 2.24) is 9.78 Å². The molecule has 0 amide bonds. The van der Waals surface area contributed by atoms with Crippen LogP contribution in [0.3, 0.4) is 0 Å². The van der Waals surface area contributed by atoms with E-state index in [2.05, 4.69) is 28.0 Å². The van der Waals surface area contributed by atoms with Crippen LogP contribution in [-0.2, 0) is 6.42 Å². The third kappa shape index (κ3) is 4.31. The van der Waals surface area contributed by atoms with Gasteiger partial charge in [-0.3, -0.25) is 4.79 Å². The van der Waals surface area contributed by atoms with Gasteiger partial charge in [-0.15, -0.1) is 0 Å². The Morgan fingerprint density at radius 3 is 2.52 bits per heavy atom. The van der Waals surface area contributed by atoms with Crippen LogP contribution in [0.25, 0.3) is 0 Å². The summed E-state index contributed by atoms with van der Waals surface area (Å²) >= 11 is 3.45. The lowest BCUT2D eigenvalue weighted by Gasteiger charge is -2.06. The smallest absolute Gasteiger partial charge is 0.267 e. The Labute approximate surface area is 147 Å². The molecule has 0 unspecified atom stereocenters. The standard InChI is InChI=1S/C19H25BrN2O/c1-4-5-6-7-8-11-16-14(2)21-22(15(16)3)19(23)17-12-9-10-13-18(17)20/h9-10,12-13H,4-8,11H2,1-3H3. The molecule has 2 rings (SSSR count). The van der Waals surface area contributed by atoms with Crippen molar-refractivity contribution in [3.63, 3.8) is 0 Å². The highest BCUT2D eigenvalue weighted by molar-refractivity contribution is 9.10. The fourth-order valence-electron chi connectivity index (χ4n) is 2.89. The van der Waals surface area contributed by atoms with Gasteiger partial charge in [0, 0.05) is 10.2 Å². The Hall–Kier alpha value is -1.42. The van der Waals surface area contributed by atoms with Crippen LogP contribution in [0.4, 0.5) is 0 Å². The minimum atomic E-state index is -0.0738. The van der Waals surface area contributed by atoms with Crippen LogP contribution in [0.5, 0.6) is 0 Å². The maximum atomic E-state index is 12.7. The van der Waals surface area contributed by atoms with E-state index in [9.17, 15) is 4.79 Å². The van der Waals surface area contributed by atoms with Crippen molar-refractivity contribution in [3.05, 3.63) is 51.3 Å². The van der Waals surface area contributed by atoms with Gasteiger partial charge < -0.3 is 0 Å². The predicted molar refractivity (Wildman–Crippen MR) is 98.0 cm³/mol. The number of carbonyl (C=O) groups excluding carboxylic acids is 1. The molecule has 1 aromatic carbocycles. The van der Waals surface area contributed by atoms with E-state index in [1.165, 1.54) is 31.2 Å². The molecule has 0 fully saturated rings. The highest BCUT2D eigenvalue weighted by Gasteiger charge is 2.19. The largest absolute Gasteiger partial charge is 0.279 e. The average Bonchev–Trinajstić information content (AvgIpc) is 2.82. The monoisotopic (exact) mass is 376 g/mol. The molecule has 0 aliphatic carbocycles. The van der Waals surface area contributed by atoms with Gasteiger partial charge in [0.1, 0.15) is 0 Å². The summed E-state index contributed by atoms with van der Waals surface area (Å²) in [5, 5.41) is 4.49. The van der Waals surface area contributed by atoms with Gasteiger partial charge in [-0.05, 0) is 60.3 Å². The van der Waals surface area contributed by atoms with Crippen molar-refractivity contribution in [1.29, 1.82) is 0 Å². The number of halogens is 1. The fraction of sp³-hybridized carbons (Fsp3) is 0.474. The Kier molecular flexibility index (Phi) is 6.58. The number of aryl methyl sites for hydroxylation is 1. The Morgan fingerprint density at radius 1 is 1.13 bits per heavy atom. The van der Waals surface area contributed by atoms with Crippen LogP contribution in [0.2, 0.25) is 0 Å². The van der Waals surface area contributed by atoms with Crippen LogP contribution < -0.4 is 0 Å². The first-order valence-electron chi connectivity index (χ1n) is 8.40. The summed E-state index contributed by atoms with van der Waals surface area (Å²) in [5.41, 5.74) is 3.81. The molecule has 23 heavy (non-hydrogen) atoms. The molecular formula is C19H25BrN2O. The maximum absolute atomic E-state index is 12.7. The number of carbonyl (C=O) groups is 1. The first-order valence-corrected chi connectivity index (χ1v) is 9.19. The van der Waals surface area contributed by atoms with Crippen molar-refractivity contribution in [2.24, 2.45) is 0 Å². The van der Waals surface area contributed by atoms with E-state index in [-0.39, 0.29) is 5.91 Å². The molecule has 1 heterocycles. The first-order chi connectivity index (χ1) is 11.1. The van der Waals surface area contributed by atoms with E-state index in [1.54, 1.807) is 4.68 Å². The highest BCUT2D eigenvalue weighted by atomic mass is 79.9. The number of rotatable bonds is 7.